The maximum Gasteiger partial charge on any atom is 0.317 e. The van der Waals surface area contributed by atoms with E-state index in [1.165, 1.54) is 17.0 Å². The van der Waals surface area contributed by atoms with Crippen LogP contribution < -0.4 is 5.32 Å². The van der Waals surface area contributed by atoms with Crippen molar-refractivity contribution in [3.63, 3.8) is 0 Å². The van der Waals surface area contributed by atoms with Gasteiger partial charge in [-0.25, -0.2) is 4.79 Å². The van der Waals surface area contributed by atoms with E-state index in [4.69, 9.17) is 5.11 Å². The van der Waals surface area contributed by atoms with Gasteiger partial charge in [0.15, 0.2) is 0 Å². The predicted molar refractivity (Wildman–Crippen MR) is 82.1 cm³/mol. The molecule has 0 aliphatic carbocycles. The summed E-state index contributed by atoms with van der Waals surface area (Å²) in [7, 11) is 0. The van der Waals surface area contributed by atoms with Crippen LogP contribution in [0.1, 0.15) is 18.9 Å². The molecule has 1 unspecified atom stereocenters. The van der Waals surface area contributed by atoms with Crippen LogP contribution in [0.3, 0.4) is 0 Å². The molecular formula is C15H19N3O5. The zero-order valence-corrected chi connectivity index (χ0v) is 12.8. The van der Waals surface area contributed by atoms with Crippen LogP contribution in [0.4, 0.5) is 10.5 Å². The van der Waals surface area contributed by atoms with E-state index in [0.717, 1.165) is 5.56 Å². The van der Waals surface area contributed by atoms with Crippen LogP contribution in [0.25, 0.3) is 0 Å². The predicted octanol–water partition coefficient (Wildman–Crippen LogP) is 1.64. The number of likely N-dealkylation sites (tertiary alicyclic amines) is 1. The number of nitrogens with one attached hydrogen (secondary N) is 1. The van der Waals surface area contributed by atoms with Crippen LogP contribution in [-0.2, 0) is 11.2 Å². The van der Waals surface area contributed by atoms with Crippen LogP contribution >= 0.6 is 0 Å². The van der Waals surface area contributed by atoms with Crippen molar-refractivity contribution in [2.45, 2.75) is 19.8 Å². The summed E-state index contributed by atoms with van der Waals surface area (Å²) < 4.78 is 0. The van der Waals surface area contributed by atoms with Gasteiger partial charge in [0.2, 0.25) is 0 Å². The second-order valence-electron chi connectivity index (χ2n) is 5.94. The Morgan fingerprint density at radius 2 is 2.04 bits per heavy atom. The average molecular weight is 321 g/mol. The number of carbonyl (C=O) groups excluding carboxylic acids is 1. The molecule has 2 rings (SSSR count). The molecule has 1 aliphatic rings. The van der Waals surface area contributed by atoms with Gasteiger partial charge in [0.05, 0.1) is 10.3 Å². The second-order valence-corrected chi connectivity index (χ2v) is 5.94. The quantitative estimate of drug-likeness (QED) is 0.632. The number of urea groups is 1. The molecule has 1 atom stereocenters. The van der Waals surface area contributed by atoms with Crippen molar-refractivity contribution in [1.29, 1.82) is 0 Å². The third-order valence-electron chi connectivity index (χ3n) is 4.11. The number of rotatable bonds is 5. The Morgan fingerprint density at radius 3 is 2.57 bits per heavy atom. The second kappa shape index (κ2) is 6.64. The van der Waals surface area contributed by atoms with E-state index in [9.17, 15) is 19.7 Å². The summed E-state index contributed by atoms with van der Waals surface area (Å²) in [5.74, 6) is -0.890. The number of amides is 2. The summed E-state index contributed by atoms with van der Waals surface area (Å²) >= 11 is 0. The molecule has 1 saturated heterocycles. The van der Waals surface area contributed by atoms with Crippen molar-refractivity contribution >= 4 is 17.7 Å². The van der Waals surface area contributed by atoms with Gasteiger partial charge in [-0.1, -0.05) is 12.1 Å². The lowest BCUT2D eigenvalue weighted by atomic mass is 9.90. The van der Waals surface area contributed by atoms with Crippen molar-refractivity contribution in [1.82, 2.24) is 10.2 Å². The van der Waals surface area contributed by atoms with Gasteiger partial charge in [0.1, 0.15) is 0 Å². The highest BCUT2D eigenvalue weighted by Gasteiger charge is 2.42. The van der Waals surface area contributed by atoms with Gasteiger partial charge in [-0.3, -0.25) is 14.9 Å². The average Bonchev–Trinajstić information content (AvgIpc) is 2.92. The first-order valence-corrected chi connectivity index (χ1v) is 7.31. The highest BCUT2D eigenvalue weighted by atomic mass is 16.6. The minimum Gasteiger partial charge on any atom is -0.481 e. The monoisotopic (exact) mass is 321 g/mol. The number of nitrogens with zero attached hydrogens (tertiary/aromatic N) is 2. The lowest BCUT2D eigenvalue weighted by Crippen LogP contribution is -2.41. The largest absolute Gasteiger partial charge is 0.481 e. The molecule has 1 aliphatic heterocycles. The molecule has 8 heteroatoms. The molecule has 124 valence electrons. The van der Waals surface area contributed by atoms with Gasteiger partial charge < -0.3 is 15.3 Å². The highest BCUT2D eigenvalue weighted by Crippen LogP contribution is 2.29. The number of carbonyl (C=O) groups is 2. The first kappa shape index (κ1) is 16.7. The summed E-state index contributed by atoms with van der Waals surface area (Å²) in [5, 5.41) is 22.5. The number of carboxylic acids is 1. The molecule has 1 aromatic carbocycles. The highest BCUT2D eigenvalue weighted by molar-refractivity contribution is 5.79. The van der Waals surface area contributed by atoms with Gasteiger partial charge in [-0.15, -0.1) is 0 Å². The van der Waals surface area contributed by atoms with Crippen molar-refractivity contribution in [2.24, 2.45) is 5.41 Å². The first-order valence-electron chi connectivity index (χ1n) is 7.31. The minimum atomic E-state index is -0.890. The minimum absolute atomic E-state index is 0.0304. The maximum absolute atomic E-state index is 12.0. The van der Waals surface area contributed by atoms with Crippen molar-refractivity contribution in [3.8, 4) is 0 Å². The summed E-state index contributed by atoms with van der Waals surface area (Å²) in [6.45, 7) is 2.65. The van der Waals surface area contributed by atoms with Crippen molar-refractivity contribution in [3.05, 3.63) is 39.9 Å². The topological polar surface area (TPSA) is 113 Å². The molecule has 2 N–H and O–H groups in total. The van der Waals surface area contributed by atoms with E-state index in [0.29, 0.717) is 25.9 Å². The fraction of sp³-hybridized carbons (Fsp3) is 0.467. The molecule has 1 heterocycles. The van der Waals surface area contributed by atoms with Crippen LogP contribution in [0.5, 0.6) is 0 Å². The van der Waals surface area contributed by atoms with Crippen molar-refractivity contribution < 1.29 is 19.6 Å². The number of hydrogen-bond donors (Lipinski definition) is 2. The molecule has 2 amide bonds. The molecule has 8 nitrogen and oxygen atoms in total. The molecule has 1 aromatic rings. The Morgan fingerprint density at radius 1 is 1.39 bits per heavy atom. The van der Waals surface area contributed by atoms with E-state index in [-0.39, 0.29) is 18.3 Å². The smallest absolute Gasteiger partial charge is 0.317 e. The number of carboxylic acid groups (broad SMARTS) is 1. The van der Waals surface area contributed by atoms with Gasteiger partial charge in [-0.2, -0.15) is 0 Å². The summed E-state index contributed by atoms with van der Waals surface area (Å²) in [6.07, 6.45) is 0.992. The van der Waals surface area contributed by atoms with Crippen LogP contribution in [0, 0.1) is 15.5 Å². The van der Waals surface area contributed by atoms with E-state index < -0.39 is 16.3 Å². The normalized spacial score (nSPS) is 20.3. The van der Waals surface area contributed by atoms with Crippen molar-refractivity contribution in [2.75, 3.05) is 19.6 Å². The van der Waals surface area contributed by atoms with Gasteiger partial charge in [0.25, 0.3) is 5.69 Å². The number of non-ortho nitro benzene ring substituents is 1. The van der Waals surface area contributed by atoms with Crippen LogP contribution in [0.15, 0.2) is 24.3 Å². The Bertz CT molecular complexity index is 616. The SMILES string of the molecule is CC1(C(=O)O)CCN(C(=O)NCCc2ccc([N+](=O)[O-])cc2)C1. The number of hydrogen-bond acceptors (Lipinski definition) is 4. The van der Waals surface area contributed by atoms with E-state index in [1.807, 2.05) is 0 Å². The van der Waals surface area contributed by atoms with Gasteiger partial charge >= 0.3 is 12.0 Å². The van der Waals surface area contributed by atoms with E-state index >= 15 is 0 Å². The third-order valence-corrected chi connectivity index (χ3v) is 4.11. The zero-order valence-electron chi connectivity index (χ0n) is 12.8. The number of nitro benzene ring substituents is 1. The zero-order chi connectivity index (χ0) is 17.0. The first-order chi connectivity index (χ1) is 10.8. The summed E-state index contributed by atoms with van der Waals surface area (Å²) in [6, 6.07) is 5.88. The maximum atomic E-state index is 12.0. The fourth-order valence-corrected chi connectivity index (χ4v) is 2.52. The lowest BCUT2D eigenvalue weighted by Gasteiger charge is -2.20. The fourth-order valence-electron chi connectivity index (χ4n) is 2.52. The summed E-state index contributed by atoms with van der Waals surface area (Å²) in [5.41, 5.74) is 0.0332. The van der Waals surface area contributed by atoms with Crippen LogP contribution in [-0.4, -0.2) is 46.6 Å². The molecule has 0 bridgehead atoms. The Kier molecular flexibility index (Phi) is 4.83. The Labute approximate surface area is 133 Å². The molecule has 0 spiro atoms. The Balaban J connectivity index is 1.79. The molecule has 0 radical (unpaired) electrons. The van der Waals surface area contributed by atoms with Crippen LogP contribution in [0.2, 0.25) is 0 Å². The number of benzene rings is 1. The molecule has 0 aromatic heterocycles. The number of aliphatic carboxylic acids is 1. The third kappa shape index (κ3) is 3.97. The molecular weight excluding hydrogens is 302 g/mol. The molecule has 1 fully saturated rings. The summed E-state index contributed by atoms with van der Waals surface area (Å²) in [4.78, 5) is 34.8. The number of nitro groups is 1. The van der Waals surface area contributed by atoms with Gasteiger partial charge in [-0.05, 0) is 25.3 Å². The lowest BCUT2D eigenvalue weighted by molar-refractivity contribution is -0.384. The Hall–Kier alpha value is -2.64. The standard InChI is InChI=1S/C15H19N3O5/c1-15(13(19)20)7-9-17(10-15)14(21)16-8-6-11-2-4-12(5-3-11)18(22)23/h2-5H,6-10H2,1H3,(H,16,21)(H,19,20). The molecule has 23 heavy (non-hydrogen) atoms. The van der Waals surface area contributed by atoms with E-state index in [1.54, 1.807) is 19.1 Å². The van der Waals surface area contributed by atoms with E-state index in [2.05, 4.69) is 5.32 Å². The van der Waals surface area contributed by atoms with Gasteiger partial charge in [0, 0.05) is 31.8 Å². The molecule has 0 saturated carbocycles.